The maximum atomic E-state index is 10.0. The molecule has 1 fully saturated rings. The molecule has 36 heavy (non-hydrogen) atoms. The number of hydrogen-bond acceptors (Lipinski definition) is 8. The van der Waals surface area contributed by atoms with E-state index < -0.39 is 0 Å². The number of halogens is 1. The second kappa shape index (κ2) is 10.1. The lowest BCUT2D eigenvalue weighted by Gasteiger charge is -2.32. The Balaban J connectivity index is 1.25. The molecule has 3 aromatic heterocycles. The van der Waals surface area contributed by atoms with Crippen molar-refractivity contribution in [3.05, 3.63) is 77.4 Å². The van der Waals surface area contributed by atoms with Gasteiger partial charge in [0.25, 0.3) is 0 Å². The van der Waals surface area contributed by atoms with Crippen LogP contribution in [0.1, 0.15) is 12.8 Å². The van der Waals surface area contributed by atoms with E-state index in [1.54, 1.807) is 41.6 Å². The minimum atomic E-state index is 0.207. The van der Waals surface area contributed by atoms with Crippen molar-refractivity contribution < 1.29 is 5.11 Å². The number of imidazole rings is 1. The lowest BCUT2D eigenvalue weighted by Crippen LogP contribution is -2.38. The average molecular weight is 535 g/mol. The lowest BCUT2D eigenvalue weighted by molar-refractivity contribution is 0.355. The van der Waals surface area contributed by atoms with Crippen molar-refractivity contribution >= 4 is 45.8 Å². The number of aromatic nitrogens is 4. The molecule has 2 N–H and O–H groups in total. The zero-order chi connectivity index (χ0) is 24.5. The Morgan fingerprint density at radius 2 is 2.00 bits per heavy atom. The summed E-state index contributed by atoms with van der Waals surface area (Å²) in [6.45, 7) is 1.92. The van der Waals surface area contributed by atoms with E-state index in [0.29, 0.717) is 5.95 Å². The average Bonchev–Trinajstić information content (AvgIpc) is 3.48. The molecule has 0 saturated carbocycles. The highest BCUT2D eigenvalue weighted by Crippen LogP contribution is 2.35. The molecule has 1 unspecified atom stereocenters. The number of anilines is 1. The van der Waals surface area contributed by atoms with Crippen LogP contribution in [0.4, 0.5) is 5.95 Å². The second-order valence-corrected chi connectivity index (χ2v) is 11.1. The number of benzene rings is 2. The van der Waals surface area contributed by atoms with E-state index in [9.17, 15) is 5.11 Å². The van der Waals surface area contributed by atoms with Gasteiger partial charge < -0.3 is 10.4 Å². The molecule has 2 aromatic carbocycles. The van der Waals surface area contributed by atoms with Crippen LogP contribution in [-0.2, 0) is 0 Å². The third kappa shape index (κ3) is 4.92. The summed E-state index contributed by atoms with van der Waals surface area (Å²) < 4.78 is 4.42. The van der Waals surface area contributed by atoms with Crippen molar-refractivity contribution in [2.75, 3.05) is 18.4 Å². The van der Waals surface area contributed by atoms with Gasteiger partial charge in [0, 0.05) is 52.4 Å². The molecule has 5 aromatic rings. The van der Waals surface area contributed by atoms with Gasteiger partial charge in [0.1, 0.15) is 11.4 Å². The summed E-state index contributed by atoms with van der Waals surface area (Å²) in [6, 6.07) is 17.3. The largest absolute Gasteiger partial charge is 0.508 e. The van der Waals surface area contributed by atoms with Crippen molar-refractivity contribution in [1.82, 2.24) is 23.7 Å². The number of fused-ring (bicyclic) bond motifs is 1. The van der Waals surface area contributed by atoms with Crippen LogP contribution >= 0.6 is 34.9 Å². The first-order chi connectivity index (χ1) is 17.6. The molecule has 10 heteroatoms. The number of hydrogen-bond donors (Lipinski definition) is 2. The van der Waals surface area contributed by atoms with E-state index in [0.717, 1.165) is 58.6 Å². The SMILES string of the molecule is Oc1cccc(-c2nc3sccn3c2-c2ccnc(NC3CCCN(Sc4ccc(Cl)cc4)C3)n2)c1. The van der Waals surface area contributed by atoms with Gasteiger partial charge in [0.15, 0.2) is 4.96 Å². The van der Waals surface area contributed by atoms with E-state index in [-0.39, 0.29) is 11.8 Å². The maximum absolute atomic E-state index is 10.0. The topological polar surface area (TPSA) is 78.6 Å². The molecule has 0 aliphatic carbocycles. The summed E-state index contributed by atoms with van der Waals surface area (Å²) in [7, 11) is 0. The van der Waals surface area contributed by atoms with Crippen LogP contribution < -0.4 is 5.32 Å². The van der Waals surface area contributed by atoms with Gasteiger partial charge in [-0.25, -0.2) is 19.3 Å². The summed E-state index contributed by atoms with van der Waals surface area (Å²) >= 11 is 9.35. The van der Waals surface area contributed by atoms with Crippen LogP contribution in [0, 0.1) is 0 Å². The van der Waals surface area contributed by atoms with Gasteiger partial charge in [-0.2, -0.15) is 0 Å². The first kappa shape index (κ1) is 23.3. The zero-order valence-corrected chi connectivity index (χ0v) is 21.6. The Labute approximate surface area is 222 Å². The van der Waals surface area contributed by atoms with Crippen LogP contribution in [0.15, 0.2) is 77.3 Å². The number of rotatable bonds is 6. The Morgan fingerprint density at radius 3 is 2.86 bits per heavy atom. The first-order valence-corrected chi connectivity index (χ1v) is 13.7. The zero-order valence-electron chi connectivity index (χ0n) is 19.2. The van der Waals surface area contributed by atoms with E-state index in [1.807, 2.05) is 46.3 Å². The predicted octanol–water partition coefficient (Wildman–Crippen LogP) is 6.46. The van der Waals surface area contributed by atoms with Gasteiger partial charge in [-0.3, -0.25) is 4.40 Å². The number of nitrogens with one attached hydrogen (secondary N) is 1. The molecule has 0 amide bonds. The van der Waals surface area contributed by atoms with Crippen LogP contribution in [0.2, 0.25) is 5.02 Å². The van der Waals surface area contributed by atoms with Crippen LogP contribution in [0.25, 0.3) is 27.6 Å². The van der Waals surface area contributed by atoms with Gasteiger partial charge in [-0.1, -0.05) is 23.7 Å². The number of phenols is 1. The Hall–Kier alpha value is -3.11. The Bertz CT molecular complexity index is 1500. The van der Waals surface area contributed by atoms with Crippen LogP contribution in [0.5, 0.6) is 5.75 Å². The van der Waals surface area contributed by atoms with Crippen LogP contribution in [0.3, 0.4) is 0 Å². The molecule has 0 radical (unpaired) electrons. The molecule has 1 atom stereocenters. The first-order valence-electron chi connectivity index (χ1n) is 11.7. The highest BCUT2D eigenvalue weighted by atomic mass is 35.5. The molecular weight excluding hydrogens is 512 g/mol. The highest BCUT2D eigenvalue weighted by Gasteiger charge is 2.23. The molecule has 6 rings (SSSR count). The Kier molecular flexibility index (Phi) is 6.54. The number of aromatic hydroxyl groups is 1. The molecule has 4 heterocycles. The van der Waals surface area contributed by atoms with Crippen molar-refractivity contribution in [3.63, 3.8) is 0 Å². The molecule has 0 spiro atoms. The van der Waals surface area contributed by atoms with Gasteiger partial charge in [0.2, 0.25) is 5.95 Å². The fourth-order valence-electron chi connectivity index (χ4n) is 4.42. The van der Waals surface area contributed by atoms with Gasteiger partial charge in [-0.05, 0) is 67.3 Å². The third-order valence-corrected chi connectivity index (χ3v) is 8.13. The fraction of sp³-hybridized carbons (Fsp3) is 0.192. The minimum absolute atomic E-state index is 0.207. The van der Waals surface area contributed by atoms with E-state index in [4.69, 9.17) is 21.6 Å². The van der Waals surface area contributed by atoms with Crippen molar-refractivity contribution in [3.8, 4) is 28.4 Å². The lowest BCUT2D eigenvalue weighted by atomic mass is 10.1. The van der Waals surface area contributed by atoms with Gasteiger partial charge >= 0.3 is 0 Å². The minimum Gasteiger partial charge on any atom is -0.508 e. The second-order valence-electron chi connectivity index (χ2n) is 8.60. The predicted molar refractivity (Wildman–Crippen MR) is 147 cm³/mol. The fourth-order valence-corrected chi connectivity index (χ4v) is 6.29. The van der Waals surface area contributed by atoms with E-state index >= 15 is 0 Å². The molecule has 182 valence electrons. The molecule has 1 saturated heterocycles. The van der Waals surface area contributed by atoms with E-state index in [1.165, 1.54) is 4.90 Å². The van der Waals surface area contributed by atoms with Gasteiger partial charge in [-0.15, -0.1) is 11.3 Å². The Morgan fingerprint density at radius 1 is 1.11 bits per heavy atom. The van der Waals surface area contributed by atoms with Crippen LogP contribution in [-0.4, -0.2) is 47.9 Å². The number of piperidine rings is 1. The summed E-state index contributed by atoms with van der Waals surface area (Å²) in [5.74, 6) is 0.807. The molecular formula is C26H23ClN6OS2. The summed E-state index contributed by atoms with van der Waals surface area (Å²) in [4.78, 5) is 16.3. The quantitative estimate of drug-likeness (QED) is 0.242. The smallest absolute Gasteiger partial charge is 0.223 e. The monoisotopic (exact) mass is 534 g/mol. The van der Waals surface area contributed by atoms with Crippen molar-refractivity contribution in [1.29, 1.82) is 0 Å². The normalized spacial score (nSPS) is 16.4. The summed E-state index contributed by atoms with van der Waals surface area (Å²) in [5.41, 5.74) is 3.28. The molecule has 1 aliphatic rings. The number of phenolic OH excluding ortho intramolecular Hbond substituents is 1. The third-order valence-electron chi connectivity index (χ3n) is 6.05. The summed E-state index contributed by atoms with van der Waals surface area (Å²) in [5, 5.41) is 16.3. The number of nitrogens with zero attached hydrogens (tertiary/aromatic N) is 5. The standard InChI is InChI=1S/C26H23ClN6OS2/c27-18-6-8-21(9-7-18)36-32-12-2-4-19(16-32)29-25-28-11-10-22(30-25)24-23(17-3-1-5-20(34)15-17)31-26-33(24)13-14-35-26/h1,3,5-11,13-15,19,34H,2,4,12,16H2,(H,28,29,30). The maximum Gasteiger partial charge on any atom is 0.223 e. The molecule has 1 aliphatic heterocycles. The van der Waals surface area contributed by atoms with Crippen molar-refractivity contribution in [2.45, 2.75) is 23.8 Å². The van der Waals surface area contributed by atoms with E-state index in [2.05, 4.69) is 26.7 Å². The molecule has 7 nitrogen and oxygen atoms in total. The van der Waals surface area contributed by atoms with Crippen molar-refractivity contribution in [2.24, 2.45) is 0 Å². The molecule has 0 bridgehead atoms. The highest BCUT2D eigenvalue weighted by molar-refractivity contribution is 7.97. The number of thiazole rings is 1. The summed E-state index contributed by atoms with van der Waals surface area (Å²) in [6.07, 6.45) is 5.93. The van der Waals surface area contributed by atoms with Gasteiger partial charge in [0.05, 0.1) is 11.4 Å².